The summed E-state index contributed by atoms with van der Waals surface area (Å²) in [7, 11) is 0. The number of carbonyl (C=O) groups is 3. The van der Waals surface area contributed by atoms with Crippen LogP contribution in [-0.2, 0) is 14.3 Å². The van der Waals surface area contributed by atoms with Gasteiger partial charge in [0, 0.05) is 23.9 Å². The molecule has 174 valence electrons. The molecule has 0 saturated heterocycles. The highest BCUT2D eigenvalue weighted by Gasteiger charge is 2.35. The molecule has 2 aliphatic carbocycles. The van der Waals surface area contributed by atoms with E-state index in [2.05, 4.69) is 34.9 Å². The molecular weight excluding hydrogens is 420 g/mol. The predicted octanol–water partition coefficient (Wildman–Crippen LogP) is 4.06. The van der Waals surface area contributed by atoms with Gasteiger partial charge in [-0.25, -0.2) is 4.79 Å². The molecule has 1 saturated carbocycles. The molecule has 0 heterocycles. The third-order valence-corrected chi connectivity index (χ3v) is 6.32. The van der Waals surface area contributed by atoms with Crippen molar-refractivity contribution in [2.24, 2.45) is 5.92 Å². The first kappa shape index (κ1) is 22.8. The van der Waals surface area contributed by atoms with Gasteiger partial charge < -0.3 is 20.5 Å². The van der Waals surface area contributed by atoms with E-state index < -0.39 is 17.6 Å². The maximum Gasteiger partial charge on any atom is 0.407 e. The van der Waals surface area contributed by atoms with Crippen molar-refractivity contribution in [1.82, 2.24) is 10.6 Å². The minimum atomic E-state index is -0.928. The lowest BCUT2D eigenvalue weighted by Crippen LogP contribution is -2.49. The lowest BCUT2D eigenvalue weighted by Gasteiger charge is -2.27. The molecule has 0 radical (unpaired) electrons. The number of rotatable bonds is 9. The number of hydrogen-bond donors (Lipinski definition) is 3. The number of benzene rings is 2. The van der Waals surface area contributed by atoms with Gasteiger partial charge in [-0.1, -0.05) is 48.5 Å². The number of fused-ring (bicyclic) bond motifs is 3. The van der Waals surface area contributed by atoms with Crippen LogP contribution >= 0.6 is 0 Å². The van der Waals surface area contributed by atoms with E-state index in [1.54, 1.807) is 13.8 Å². The molecule has 3 N–H and O–H groups in total. The second kappa shape index (κ2) is 9.25. The zero-order valence-corrected chi connectivity index (χ0v) is 19.0. The number of carbonyl (C=O) groups excluding carboxylic acids is 2. The first-order valence-electron chi connectivity index (χ1n) is 11.4. The minimum Gasteiger partial charge on any atom is -0.481 e. The van der Waals surface area contributed by atoms with Crippen molar-refractivity contribution < 1.29 is 24.2 Å². The Morgan fingerprint density at radius 1 is 1.03 bits per heavy atom. The Morgan fingerprint density at radius 2 is 1.61 bits per heavy atom. The minimum absolute atomic E-state index is 0.0278. The number of amides is 2. The topological polar surface area (TPSA) is 105 Å². The van der Waals surface area contributed by atoms with Crippen molar-refractivity contribution in [3.05, 3.63) is 59.7 Å². The summed E-state index contributed by atoms with van der Waals surface area (Å²) in [6, 6.07) is 15.9. The fourth-order valence-electron chi connectivity index (χ4n) is 4.64. The smallest absolute Gasteiger partial charge is 0.407 e. The maximum atomic E-state index is 12.6. The summed E-state index contributed by atoms with van der Waals surface area (Å²) >= 11 is 0. The predicted molar refractivity (Wildman–Crippen MR) is 124 cm³/mol. The van der Waals surface area contributed by atoms with E-state index in [1.807, 2.05) is 24.3 Å². The molecule has 1 fully saturated rings. The van der Waals surface area contributed by atoms with Crippen LogP contribution in [0, 0.1) is 5.92 Å². The summed E-state index contributed by atoms with van der Waals surface area (Å²) in [6.07, 6.45) is 1.22. The zero-order valence-electron chi connectivity index (χ0n) is 19.0. The van der Waals surface area contributed by atoms with Gasteiger partial charge in [-0.2, -0.15) is 0 Å². The third-order valence-electron chi connectivity index (χ3n) is 6.32. The molecule has 0 aromatic heterocycles. The Kier molecular flexibility index (Phi) is 6.40. The Morgan fingerprint density at radius 3 is 2.15 bits per heavy atom. The van der Waals surface area contributed by atoms with Crippen LogP contribution in [0.2, 0.25) is 0 Å². The molecule has 2 amide bonds. The van der Waals surface area contributed by atoms with Crippen LogP contribution in [-0.4, -0.2) is 41.3 Å². The number of carboxylic acid groups (broad SMARTS) is 1. The summed E-state index contributed by atoms with van der Waals surface area (Å²) < 4.78 is 5.58. The Bertz CT molecular complexity index is 1010. The molecule has 2 aliphatic rings. The van der Waals surface area contributed by atoms with Crippen LogP contribution < -0.4 is 10.6 Å². The second-order valence-electron chi connectivity index (χ2n) is 9.62. The van der Waals surface area contributed by atoms with Gasteiger partial charge in [0.05, 0.1) is 6.42 Å². The van der Waals surface area contributed by atoms with Crippen molar-refractivity contribution in [2.75, 3.05) is 6.61 Å². The highest BCUT2D eigenvalue weighted by atomic mass is 16.5. The zero-order chi connectivity index (χ0) is 23.6. The fourth-order valence-corrected chi connectivity index (χ4v) is 4.64. The van der Waals surface area contributed by atoms with Crippen molar-refractivity contribution in [3.8, 4) is 11.1 Å². The average molecular weight is 451 g/mol. The van der Waals surface area contributed by atoms with Gasteiger partial charge in [0.1, 0.15) is 6.61 Å². The van der Waals surface area contributed by atoms with Gasteiger partial charge in [0.2, 0.25) is 5.91 Å². The average Bonchev–Trinajstić information content (AvgIpc) is 3.54. The number of aliphatic carboxylic acids is 1. The van der Waals surface area contributed by atoms with Crippen LogP contribution in [0.15, 0.2) is 48.5 Å². The lowest BCUT2D eigenvalue weighted by atomic mass is 9.98. The number of alkyl carbamates (subject to hydrolysis) is 1. The van der Waals surface area contributed by atoms with Crippen LogP contribution in [0.5, 0.6) is 0 Å². The highest BCUT2D eigenvalue weighted by Crippen LogP contribution is 2.44. The number of nitrogens with one attached hydrogen (secondary N) is 2. The van der Waals surface area contributed by atoms with Crippen molar-refractivity contribution in [2.45, 2.75) is 57.0 Å². The van der Waals surface area contributed by atoms with E-state index in [0.717, 1.165) is 35.1 Å². The van der Waals surface area contributed by atoms with E-state index in [1.165, 1.54) is 0 Å². The van der Waals surface area contributed by atoms with E-state index >= 15 is 0 Å². The Hall–Kier alpha value is -3.35. The highest BCUT2D eigenvalue weighted by molar-refractivity contribution is 5.80. The van der Waals surface area contributed by atoms with E-state index in [0.29, 0.717) is 0 Å². The molecular formula is C26H30N2O5. The first-order chi connectivity index (χ1) is 15.7. The quantitative estimate of drug-likeness (QED) is 0.534. The summed E-state index contributed by atoms with van der Waals surface area (Å²) in [6.45, 7) is 3.69. The summed E-state index contributed by atoms with van der Waals surface area (Å²) in [5, 5.41) is 14.7. The molecule has 0 aliphatic heterocycles. The second-order valence-corrected chi connectivity index (χ2v) is 9.62. The summed E-state index contributed by atoms with van der Waals surface area (Å²) in [4.78, 5) is 36.1. The van der Waals surface area contributed by atoms with Gasteiger partial charge in [-0.3, -0.25) is 9.59 Å². The molecule has 2 aromatic rings. The summed E-state index contributed by atoms with van der Waals surface area (Å²) in [5.74, 6) is -1.02. The van der Waals surface area contributed by atoms with Gasteiger partial charge in [0.25, 0.3) is 0 Å². The largest absolute Gasteiger partial charge is 0.481 e. The maximum absolute atomic E-state index is 12.6. The van der Waals surface area contributed by atoms with Gasteiger partial charge in [-0.05, 0) is 54.9 Å². The van der Waals surface area contributed by atoms with Crippen molar-refractivity contribution >= 4 is 18.0 Å². The molecule has 7 heteroatoms. The number of ether oxygens (including phenoxy) is 1. The van der Waals surface area contributed by atoms with Crippen LogP contribution in [0.25, 0.3) is 11.1 Å². The van der Waals surface area contributed by atoms with E-state index in [4.69, 9.17) is 9.84 Å². The molecule has 1 unspecified atom stereocenters. The van der Waals surface area contributed by atoms with Crippen LogP contribution in [0.4, 0.5) is 4.79 Å². The van der Waals surface area contributed by atoms with Crippen molar-refractivity contribution in [3.63, 3.8) is 0 Å². The van der Waals surface area contributed by atoms with Gasteiger partial charge in [0.15, 0.2) is 0 Å². The molecule has 33 heavy (non-hydrogen) atoms. The Labute approximate surface area is 193 Å². The molecule has 2 aromatic carbocycles. The third kappa shape index (κ3) is 5.53. The Balaban J connectivity index is 1.32. The van der Waals surface area contributed by atoms with Gasteiger partial charge in [-0.15, -0.1) is 0 Å². The molecule has 4 rings (SSSR count). The lowest BCUT2D eigenvalue weighted by molar-refractivity contribution is -0.137. The van der Waals surface area contributed by atoms with Crippen LogP contribution in [0.1, 0.15) is 56.6 Å². The standard InChI is InChI=1S/C26H30N2O5/c1-26(2,14-23(29)27-22(13-24(30)31)16-11-12-16)28-25(32)33-15-21-19-9-5-3-7-17(19)18-8-4-6-10-20(18)21/h3-10,16,21-22H,11-15H2,1-2H3,(H,27,29)(H,28,32)(H,30,31). The SMILES string of the molecule is CC(C)(CC(=O)NC(CC(=O)O)C1CC1)NC(=O)OCC1c2ccccc2-c2ccccc21. The fraction of sp³-hybridized carbons (Fsp3) is 0.423. The first-order valence-corrected chi connectivity index (χ1v) is 11.4. The molecule has 1 atom stereocenters. The normalized spacial score (nSPS) is 15.8. The monoisotopic (exact) mass is 450 g/mol. The van der Waals surface area contributed by atoms with Gasteiger partial charge >= 0.3 is 12.1 Å². The van der Waals surface area contributed by atoms with Crippen molar-refractivity contribution in [1.29, 1.82) is 0 Å². The van der Waals surface area contributed by atoms with Crippen LogP contribution in [0.3, 0.4) is 0 Å². The molecule has 0 spiro atoms. The van der Waals surface area contributed by atoms with E-state index in [9.17, 15) is 14.4 Å². The number of carboxylic acids is 1. The molecule has 0 bridgehead atoms. The number of hydrogen-bond acceptors (Lipinski definition) is 4. The summed E-state index contributed by atoms with van der Waals surface area (Å²) in [5.41, 5.74) is 3.74. The molecule has 7 nitrogen and oxygen atoms in total. The van der Waals surface area contributed by atoms with E-state index in [-0.39, 0.29) is 43.2 Å².